The van der Waals surface area contributed by atoms with Gasteiger partial charge in [-0.25, -0.2) is 14.8 Å². The molecule has 0 bridgehead atoms. The van der Waals surface area contributed by atoms with E-state index in [4.69, 9.17) is 4.74 Å². The van der Waals surface area contributed by atoms with E-state index in [-0.39, 0.29) is 48.6 Å². The van der Waals surface area contributed by atoms with Gasteiger partial charge in [0.25, 0.3) is 0 Å². The lowest BCUT2D eigenvalue weighted by atomic mass is 10.1. The number of piperidine rings is 1. The molecule has 9 nitrogen and oxygen atoms in total. The molecular formula is C19H31F3IN7O2. The maximum Gasteiger partial charge on any atom is 0.433 e. The summed E-state index contributed by atoms with van der Waals surface area (Å²) in [4.78, 5) is 25.4. The van der Waals surface area contributed by atoms with Gasteiger partial charge in [0.05, 0.1) is 0 Å². The maximum atomic E-state index is 12.7. The second-order valence-corrected chi connectivity index (χ2v) is 8.10. The highest BCUT2D eigenvalue weighted by Gasteiger charge is 2.32. The Morgan fingerprint density at radius 2 is 2.03 bits per heavy atom. The Morgan fingerprint density at radius 3 is 2.66 bits per heavy atom. The van der Waals surface area contributed by atoms with Crippen molar-refractivity contribution >= 4 is 42.0 Å². The van der Waals surface area contributed by atoms with Gasteiger partial charge in [-0.05, 0) is 39.7 Å². The number of likely N-dealkylation sites (tertiary alicyclic amines) is 1. The van der Waals surface area contributed by atoms with Crippen LogP contribution in [-0.2, 0) is 10.9 Å². The highest BCUT2D eigenvalue weighted by atomic mass is 127. The molecular weight excluding hydrogens is 542 g/mol. The number of guanidine groups is 1. The molecule has 32 heavy (non-hydrogen) atoms. The molecule has 1 saturated heterocycles. The van der Waals surface area contributed by atoms with Crippen molar-refractivity contribution in [1.29, 1.82) is 0 Å². The van der Waals surface area contributed by atoms with E-state index in [9.17, 15) is 18.0 Å². The predicted molar refractivity (Wildman–Crippen MR) is 126 cm³/mol. The van der Waals surface area contributed by atoms with E-state index in [1.54, 1.807) is 11.9 Å². The minimum atomic E-state index is -4.52. The third kappa shape index (κ3) is 9.61. The van der Waals surface area contributed by atoms with Crippen LogP contribution in [0.4, 0.5) is 23.9 Å². The second-order valence-electron chi connectivity index (χ2n) is 8.10. The number of alkyl halides is 3. The summed E-state index contributed by atoms with van der Waals surface area (Å²) in [5, 5.41) is 9.09. The fraction of sp³-hybridized carbons (Fsp3) is 0.684. The third-order valence-corrected chi connectivity index (χ3v) is 4.28. The molecule has 0 aliphatic carbocycles. The Hall–Kier alpha value is -2.06. The van der Waals surface area contributed by atoms with Crippen LogP contribution in [0.5, 0.6) is 0 Å². The van der Waals surface area contributed by atoms with E-state index in [0.29, 0.717) is 25.6 Å². The number of carbonyl (C=O) groups excluding carboxylic acids is 1. The van der Waals surface area contributed by atoms with Crippen molar-refractivity contribution in [3.05, 3.63) is 18.0 Å². The zero-order chi connectivity index (χ0) is 23.1. The molecule has 1 aromatic heterocycles. The molecule has 1 aromatic rings. The smallest absolute Gasteiger partial charge is 0.433 e. The van der Waals surface area contributed by atoms with Crippen LogP contribution in [-0.4, -0.2) is 71.8 Å². The Labute approximate surface area is 203 Å². The third-order valence-electron chi connectivity index (χ3n) is 4.28. The first-order chi connectivity index (χ1) is 14.5. The zero-order valence-electron chi connectivity index (χ0n) is 18.6. The Kier molecular flexibility index (Phi) is 10.7. The monoisotopic (exact) mass is 573 g/mol. The van der Waals surface area contributed by atoms with Gasteiger partial charge in [-0.1, -0.05) is 0 Å². The SMILES string of the molecule is CN=C(NCCNc1nccc(C(F)(F)F)n1)NC1CCCN(C(=O)OC(C)(C)C)C1.I. The predicted octanol–water partition coefficient (Wildman–Crippen LogP) is 3.09. The van der Waals surface area contributed by atoms with Gasteiger partial charge in [0, 0.05) is 45.5 Å². The molecule has 1 amide bonds. The van der Waals surface area contributed by atoms with E-state index in [1.165, 1.54) is 0 Å². The summed E-state index contributed by atoms with van der Waals surface area (Å²) in [7, 11) is 1.62. The lowest BCUT2D eigenvalue weighted by Gasteiger charge is -2.35. The highest BCUT2D eigenvalue weighted by molar-refractivity contribution is 14.0. The lowest BCUT2D eigenvalue weighted by molar-refractivity contribution is -0.141. The number of rotatable bonds is 5. The standard InChI is InChI=1S/C19H30F3N7O2.HI/c1-18(2,3)31-17(30)29-11-5-6-13(12-29)27-15(23-4)25-9-10-26-16-24-8-7-14(28-16)19(20,21)22;/h7-8,13H,5-6,9-12H2,1-4H3,(H2,23,25,27)(H,24,26,28);1H. The van der Waals surface area contributed by atoms with E-state index in [2.05, 4.69) is 30.9 Å². The Bertz CT molecular complexity index is 772. The van der Waals surface area contributed by atoms with Crippen molar-refractivity contribution in [3.8, 4) is 0 Å². The summed E-state index contributed by atoms with van der Waals surface area (Å²) < 4.78 is 43.5. The first kappa shape index (κ1) is 28.0. The lowest BCUT2D eigenvalue weighted by Crippen LogP contribution is -2.53. The number of nitrogens with zero attached hydrogens (tertiary/aromatic N) is 4. The van der Waals surface area contributed by atoms with Crippen molar-refractivity contribution in [2.45, 2.75) is 51.4 Å². The number of nitrogens with one attached hydrogen (secondary N) is 3. The first-order valence-corrected chi connectivity index (χ1v) is 10.1. The van der Waals surface area contributed by atoms with Gasteiger partial charge in [0.1, 0.15) is 11.3 Å². The molecule has 3 N–H and O–H groups in total. The van der Waals surface area contributed by atoms with E-state index < -0.39 is 17.5 Å². The number of anilines is 1. The summed E-state index contributed by atoms with van der Waals surface area (Å²) in [6, 6.07) is 0.826. The summed E-state index contributed by atoms with van der Waals surface area (Å²) >= 11 is 0. The minimum absolute atomic E-state index is 0. The molecule has 1 aliphatic heterocycles. The molecule has 1 unspecified atom stereocenters. The molecule has 13 heteroatoms. The first-order valence-electron chi connectivity index (χ1n) is 10.1. The van der Waals surface area contributed by atoms with Crippen LogP contribution in [0.3, 0.4) is 0 Å². The largest absolute Gasteiger partial charge is 0.444 e. The van der Waals surface area contributed by atoms with Crippen LogP contribution in [0.25, 0.3) is 0 Å². The van der Waals surface area contributed by atoms with Gasteiger partial charge < -0.3 is 25.6 Å². The number of halogens is 4. The fourth-order valence-electron chi connectivity index (χ4n) is 2.93. The molecule has 0 aromatic carbocycles. The van der Waals surface area contributed by atoms with Gasteiger partial charge in [-0.2, -0.15) is 13.2 Å². The van der Waals surface area contributed by atoms with E-state index in [0.717, 1.165) is 25.1 Å². The Balaban J connectivity index is 0.00000512. The number of amides is 1. The van der Waals surface area contributed by atoms with Gasteiger partial charge >= 0.3 is 12.3 Å². The van der Waals surface area contributed by atoms with Crippen LogP contribution in [0, 0.1) is 0 Å². The fourth-order valence-corrected chi connectivity index (χ4v) is 2.93. The molecule has 1 fully saturated rings. The molecule has 1 aliphatic rings. The molecule has 1 atom stereocenters. The highest BCUT2D eigenvalue weighted by Crippen LogP contribution is 2.27. The maximum absolute atomic E-state index is 12.7. The number of aromatic nitrogens is 2. The summed E-state index contributed by atoms with van der Waals surface area (Å²) in [6.45, 7) is 7.28. The van der Waals surface area contributed by atoms with Crippen LogP contribution in [0.2, 0.25) is 0 Å². The Morgan fingerprint density at radius 1 is 1.31 bits per heavy atom. The minimum Gasteiger partial charge on any atom is -0.444 e. The molecule has 0 spiro atoms. The van der Waals surface area contributed by atoms with Crippen LogP contribution in [0.15, 0.2) is 17.3 Å². The van der Waals surface area contributed by atoms with Crippen molar-refractivity contribution in [1.82, 2.24) is 25.5 Å². The number of ether oxygens (including phenoxy) is 1. The molecule has 2 heterocycles. The molecule has 0 radical (unpaired) electrons. The van der Waals surface area contributed by atoms with E-state index >= 15 is 0 Å². The summed E-state index contributed by atoms with van der Waals surface area (Å²) in [6.07, 6.45) is -2.09. The number of aliphatic imine (C=N–C) groups is 1. The van der Waals surface area contributed by atoms with Gasteiger partial charge in [0.2, 0.25) is 5.95 Å². The van der Waals surface area contributed by atoms with Crippen molar-refractivity contribution < 1.29 is 22.7 Å². The second kappa shape index (κ2) is 12.3. The van der Waals surface area contributed by atoms with Crippen LogP contribution < -0.4 is 16.0 Å². The quantitative estimate of drug-likeness (QED) is 0.215. The number of hydrogen-bond acceptors (Lipinski definition) is 6. The summed E-state index contributed by atoms with van der Waals surface area (Å²) in [5.41, 5.74) is -1.55. The molecule has 0 saturated carbocycles. The van der Waals surface area contributed by atoms with Crippen LogP contribution in [0.1, 0.15) is 39.3 Å². The number of carbonyl (C=O) groups is 1. The van der Waals surface area contributed by atoms with Gasteiger partial charge in [-0.3, -0.25) is 4.99 Å². The van der Waals surface area contributed by atoms with Crippen molar-refractivity contribution in [3.63, 3.8) is 0 Å². The van der Waals surface area contributed by atoms with E-state index in [1.807, 2.05) is 20.8 Å². The van der Waals surface area contributed by atoms with Gasteiger partial charge in [-0.15, -0.1) is 24.0 Å². The zero-order valence-corrected chi connectivity index (χ0v) is 21.0. The molecule has 182 valence electrons. The van der Waals surface area contributed by atoms with Crippen molar-refractivity contribution in [2.24, 2.45) is 4.99 Å². The normalized spacial score (nSPS) is 17.3. The van der Waals surface area contributed by atoms with Crippen LogP contribution >= 0.6 is 24.0 Å². The average Bonchev–Trinajstić information content (AvgIpc) is 2.69. The number of hydrogen-bond donors (Lipinski definition) is 3. The van der Waals surface area contributed by atoms with Gasteiger partial charge in [0.15, 0.2) is 5.96 Å². The van der Waals surface area contributed by atoms with Crippen molar-refractivity contribution in [2.75, 3.05) is 38.5 Å². The molecule has 2 rings (SSSR count). The summed E-state index contributed by atoms with van der Waals surface area (Å²) in [5.74, 6) is 0.433. The average molecular weight is 573 g/mol. The topological polar surface area (TPSA) is 104 Å².